The van der Waals surface area contributed by atoms with Gasteiger partial charge in [0, 0.05) is 5.92 Å². The quantitative estimate of drug-likeness (QED) is 0.766. The predicted octanol–water partition coefficient (Wildman–Crippen LogP) is 4.34. The van der Waals surface area contributed by atoms with Gasteiger partial charge in [0.05, 0.1) is 6.61 Å². The van der Waals surface area contributed by atoms with Crippen molar-refractivity contribution in [2.75, 3.05) is 6.61 Å². The van der Waals surface area contributed by atoms with E-state index in [0.717, 1.165) is 12.0 Å². The summed E-state index contributed by atoms with van der Waals surface area (Å²) in [6, 6.07) is 9.78. The summed E-state index contributed by atoms with van der Waals surface area (Å²) < 4.78 is 15.9. The van der Waals surface area contributed by atoms with Crippen molar-refractivity contribution in [2.45, 2.75) is 47.0 Å². The normalized spacial score (nSPS) is 15.0. The molecule has 0 fully saturated rings. The minimum atomic E-state index is -4.46. The zero-order valence-corrected chi connectivity index (χ0v) is 14.4. The van der Waals surface area contributed by atoms with Gasteiger partial charge in [0.25, 0.3) is 0 Å². The summed E-state index contributed by atoms with van der Waals surface area (Å²) in [5, 5.41) is 0. The van der Waals surface area contributed by atoms with Gasteiger partial charge in [0.1, 0.15) is 0 Å². The molecule has 0 spiro atoms. The van der Waals surface area contributed by atoms with Crippen LogP contribution in [-0.2, 0) is 9.09 Å². The van der Waals surface area contributed by atoms with Crippen LogP contribution in [0.1, 0.15) is 52.5 Å². The van der Waals surface area contributed by atoms with Gasteiger partial charge in [-0.05, 0) is 22.8 Å². The van der Waals surface area contributed by atoms with Gasteiger partial charge in [-0.3, -0.25) is 4.52 Å². The summed E-state index contributed by atoms with van der Waals surface area (Å²) in [5.41, 5.74) is 1.02. The monoisotopic (exact) mass is 314 g/mol. The molecule has 0 aliphatic rings. The Morgan fingerprint density at radius 3 is 2.05 bits per heavy atom. The van der Waals surface area contributed by atoms with Crippen molar-refractivity contribution in [2.24, 2.45) is 10.8 Å². The van der Waals surface area contributed by atoms with Crippen molar-refractivity contribution in [3.05, 3.63) is 35.9 Å². The molecular weight excluding hydrogens is 287 g/mol. The van der Waals surface area contributed by atoms with Crippen molar-refractivity contribution in [1.29, 1.82) is 0 Å². The molecule has 2 N–H and O–H groups in total. The van der Waals surface area contributed by atoms with E-state index in [-0.39, 0.29) is 23.4 Å². The third-order valence-electron chi connectivity index (χ3n) is 3.54. The maximum absolute atomic E-state index is 11.1. The minimum Gasteiger partial charge on any atom is -0.303 e. The highest BCUT2D eigenvalue weighted by molar-refractivity contribution is 7.46. The van der Waals surface area contributed by atoms with E-state index in [2.05, 4.69) is 34.6 Å². The first kappa shape index (κ1) is 18.4. The smallest absolute Gasteiger partial charge is 0.303 e. The topological polar surface area (TPSA) is 66.8 Å². The first-order valence-electron chi connectivity index (χ1n) is 7.16. The van der Waals surface area contributed by atoms with Crippen LogP contribution in [0.5, 0.6) is 0 Å². The SMILES string of the molecule is CC(C)(C)CC(C)(C)C(COP(=O)(O)O)c1ccccc1. The third kappa shape index (κ3) is 6.75. The van der Waals surface area contributed by atoms with Crippen LogP contribution >= 0.6 is 7.82 Å². The van der Waals surface area contributed by atoms with Gasteiger partial charge in [0.2, 0.25) is 0 Å². The van der Waals surface area contributed by atoms with Crippen molar-refractivity contribution in [1.82, 2.24) is 0 Å². The average Bonchev–Trinajstić information content (AvgIpc) is 2.25. The molecule has 1 unspecified atom stereocenters. The molecule has 0 aliphatic carbocycles. The number of phosphoric acid groups is 1. The molecule has 1 atom stereocenters. The maximum Gasteiger partial charge on any atom is 0.469 e. The Morgan fingerprint density at radius 2 is 1.62 bits per heavy atom. The lowest BCUT2D eigenvalue weighted by Gasteiger charge is -2.39. The molecule has 0 saturated heterocycles. The van der Waals surface area contributed by atoms with Crippen LogP contribution in [0.3, 0.4) is 0 Å². The van der Waals surface area contributed by atoms with Crippen LogP contribution < -0.4 is 0 Å². The van der Waals surface area contributed by atoms with E-state index in [1.807, 2.05) is 30.3 Å². The molecule has 0 amide bonds. The number of benzene rings is 1. The summed E-state index contributed by atoms with van der Waals surface area (Å²) in [6.07, 6.45) is 0.921. The van der Waals surface area contributed by atoms with E-state index in [1.165, 1.54) is 0 Å². The van der Waals surface area contributed by atoms with Gasteiger partial charge in [-0.25, -0.2) is 4.57 Å². The van der Waals surface area contributed by atoms with Crippen molar-refractivity contribution in [3.8, 4) is 0 Å². The van der Waals surface area contributed by atoms with Crippen LogP contribution in [0, 0.1) is 10.8 Å². The molecule has 0 heterocycles. The summed E-state index contributed by atoms with van der Waals surface area (Å²) in [6.45, 7) is 10.8. The first-order chi connectivity index (χ1) is 9.41. The fourth-order valence-corrected chi connectivity index (χ4v) is 3.46. The van der Waals surface area contributed by atoms with Gasteiger partial charge < -0.3 is 9.79 Å². The number of phosphoric ester groups is 1. The van der Waals surface area contributed by atoms with Crippen LogP contribution in [-0.4, -0.2) is 16.4 Å². The average molecular weight is 314 g/mol. The van der Waals surface area contributed by atoms with Crippen LogP contribution in [0.15, 0.2) is 30.3 Å². The summed E-state index contributed by atoms with van der Waals surface area (Å²) >= 11 is 0. The second-order valence-corrected chi connectivity index (χ2v) is 8.71. The Balaban J connectivity index is 3.04. The van der Waals surface area contributed by atoms with Crippen molar-refractivity contribution >= 4 is 7.82 Å². The molecule has 1 aromatic rings. The Bertz CT molecular complexity index is 485. The van der Waals surface area contributed by atoms with Gasteiger partial charge in [0.15, 0.2) is 0 Å². The molecule has 0 aromatic heterocycles. The van der Waals surface area contributed by atoms with Gasteiger partial charge in [-0.15, -0.1) is 0 Å². The maximum atomic E-state index is 11.1. The minimum absolute atomic E-state index is 0.0113. The van der Waals surface area contributed by atoms with Crippen molar-refractivity contribution < 1.29 is 18.9 Å². The van der Waals surface area contributed by atoms with Gasteiger partial charge >= 0.3 is 7.82 Å². The first-order valence-corrected chi connectivity index (χ1v) is 8.69. The highest BCUT2D eigenvalue weighted by atomic mass is 31.2. The fourth-order valence-electron chi connectivity index (χ4n) is 3.12. The summed E-state index contributed by atoms with van der Waals surface area (Å²) in [7, 11) is -4.46. The molecule has 1 aromatic carbocycles. The van der Waals surface area contributed by atoms with E-state index in [1.54, 1.807) is 0 Å². The molecular formula is C16H27O4P. The Hall–Kier alpha value is -0.670. The van der Waals surface area contributed by atoms with Gasteiger partial charge in [-0.2, -0.15) is 0 Å². The molecule has 5 heteroatoms. The molecule has 120 valence electrons. The number of rotatable bonds is 6. The third-order valence-corrected chi connectivity index (χ3v) is 4.03. The molecule has 21 heavy (non-hydrogen) atoms. The van der Waals surface area contributed by atoms with Crippen LogP contribution in [0.2, 0.25) is 0 Å². The van der Waals surface area contributed by atoms with E-state index in [4.69, 9.17) is 14.3 Å². The van der Waals surface area contributed by atoms with Crippen LogP contribution in [0.25, 0.3) is 0 Å². The lowest BCUT2D eigenvalue weighted by molar-refractivity contribution is 0.112. The summed E-state index contributed by atoms with van der Waals surface area (Å²) in [4.78, 5) is 18.0. The van der Waals surface area contributed by atoms with Crippen LogP contribution in [0.4, 0.5) is 0 Å². The molecule has 0 radical (unpaired) electrons. The van der Waals surface area contributed by atoms with E-state index in [0.29, 0.717) is 0 Å². The van der Waals surface area contributed by atoms with E-state index >= 15 is 0 Å². The van der Waals surface area contributed by atoms with Crippen molar-refractivity contribution in [3.63, 3.8) is 0 Å². The molecule has 4 nitrogen and oxygen atoms in total. The van der Waals surface area contributed by atoms with Gasteiger partial charge in [-0.1, -0.05) is 65.0 Å². The number of hydrogen-bond donors (Lipinski definition) is 2. The second kappa shape index (κ2) is 6.62. The molecule has 0 saturated carbocycles. The Labute approximate surface area is 127 Å². The molecule has 0 aliphatic heterocycles. The zero-order chi connectivity index (χ0) is 16.3. The highest BCUT2D eigenvalue weighted by Gasteiger charge is 2.36. The number of hydrogen-bond acceptors (Lipinski definition) is 2. The summed E-state index contributed by atoms with van der Waals surface area (Å²) in [5.74, 6) is -0.0782. The fraction of sp³-hybridized carbons (Fsp3) is 0.625. The predicted molar refractivity (Wildman–Crippen MR) is 85.0 cm³/mol. The van der Waals surface area contributed by atoms with E-state index in [9.17, 15) is 4.57 Å². The lowest BCUT2D eigenvalue weighted by Crippen LogP contribution is -2.30. The van der Waals surface area contributed by atoms with E-state index < -0.39 is 7.82 Å². The highest BCUT2D eigenvalue weighted by Crippen LogP contribution is 2.46. The lowest BCUT2D eigenvalue weighted by atomic mass is 9.67. The largest absolute Gasteiger partial charge is 0.469 e. The Kier molecular flexibility index (Phi) is 5.79. The Morgan fingerprint density at radius 1 is 1.10 bits per heavy atom. The molecule has 1 rings (SSSR count). The molecule has 0 bridgehead atoms. The second-order valence-electron chi connectivity index (χ2n) is 7.48. The standard InChI is InChI=1S/C16H27O4P/c1-15(2,3)12-16(4,5)14(11-20-21(17,18)19)13-9-7-6-8-10-13/h6-10,14H,11-12H2,1-5H3,(H2,17,18,19). The zero-order valence-electron chi connectivity index (χ0n) is 13.5.